The van der Waals surface area contributed by atoms with Gasteiger partial charge in [0.2, 0.25) is 0 Å². The van der Waals surface area contributed by atoms with E-state index in [-0.39, 0.29) is 0 Å². The lowest BCUT2D eigenvalue weighted by Gasteiger charge is -2.18. The van der Waals surface area contributed by atoms with Gasteiger partial charge in [-0.15, -0.1) is 10.2 Å². The molecule has 0 saturated carbocycles. The Hall–Kier alpha value is -2.47. The van der Waals surface area contributed by atoms with Crippen molar-refractivity contribution >= 4 is 11.4 Å². The molecule has 0 saturated heterocycles. The smallest absolute Gasteiger partial charge is 0.116 e. The van der Waals surface area contributed by atoms with Gasteiger partial charge >= 0.3 is 0 Å². The summed E-state index contributed by atoms with van der Waals surface area (Å²) in [7, 11) is 0. The van der Waals surface area contributed by atoms with Gasteiger partial charge in [0.05, 0.1) is 6.07 Å². The molecule has 0 atom stereocenters. The van der Waals surface area contributed by atoms with Gasteiger partial charge in [0.15, 0.2) is 0 Å². The maximum absolute atomic E-state index is 8.78. The largest absolute Gasteiger partial charge is 0.198 e. The molecule has 0 bridgehead atoms. The first-order chi connectivity index (χ1) is 11.5. The molecule has 0 fully saturated rings. The number of benzene rings is 2. The lowest BCUT2D eigenvalue weighted by atomic mass is 9.90. The predicted octanol–water partition coefficient (Wildman–Crippen LogP) is 5.89. The van der Waals surface area contributed by atoms with Crippen molar-refractivity contribution in [1.82, 2.24) is 0 Å². The standard InChI is InChI=1S/C21H23N3/c1-13-14(2)18(8-7-17(13)6-5-11-22)9-10-19-12-20-21(24-23-20)16(4)15(19)3/h7-8,12H,5-6,9-10H2,1-4H3. The maximum Gasteiger partial charge on any atom is 0.116 e. The zero-order valence-electron chi connectivity index (χ0n) is 14.9. The normalized spacial score (nSPS) is 11.8. The Morgan fingerprint density at radius 1 is 0.792 bits per heavy atom. The highest BCUT2D eigenvalue weighted by Crippen LogP contribution is 2.43. The van der Waals surface area contributed by atoms with E-state index in [1.807, 2.05) is 0 Å². The summed E-state index contributed by atoms with van der Waals surface area (Å²) in [4.78, 5) is 0. The Morgan fingerprint density at radius 3 is 1.96 bits per heavy atom. The number of hydrogen-bond donors (Lipinski definition) is 0. The summed E-state index contributed by atoms with van der Waals surface area (Å²) < 4.78 is 0. The number of azo groups is 1. The number of aryl methyl sites for hydroxylation is 3. The fraction of sp³-hybridized carbons (Fsp3) is 0.381. The molecular weight excluding hydrogens is 294 g/mol. The van der Waals surface area contributed by atoms with Gasteiger partial charge < -0.3 is 0 Å². The van der Waals surface area contributed by atoms with Gasteiger partial charge in [-0.1, -0.05) is 12.1 Å². The van der Waals surface area contributed by atoms with Crippen molar-refractivity contribution in [2.75, 3.05) is 0 Å². The highest BCUT2D eigenvalue weighted by atomic mass is 15.2. The second-order valence-corrected chi connectivity index (χ2v) is 6.65. The van der Waals surface area contributed by atoms with Gasteiger partial charge in [0.1, 0.15) is 11.4 Å². The Balaban J connectivity index is 1.79. The fourth-order valence-electron chi connectivity index (χ4n) is 3.41. The summed E-state index contributed by atoms with van der Waals surface area (Å²) in [5.74, 6) is 0. The van der Waals surface area contributed by atoms with Gasteiger partial charge in [-0.05, 0) is 92.0 Å². The zero-order chi connectivity index (χ0) is 17.3. The lowest BCUT2D eigenvalue weighted by Crippen LogP contribution is -2.02. The van der Waals surface area contributed by atoms with E-state index >= 15 is 0 Å². The Labute approximate surface area is 144 Å². The highest BCUT2D eigenvalue weighted by Gasteiger charge is 2.17. The summed E-state index contributed by atoms with van der Waals surface area (Å²) >= 11 is 0. The Morgan fingerprint density at radius 2 is 1.38 bits per heavy atom. The quantitative estimate of drug-likeness (QED) is 0.578. The third kappa shape index (κ3) is 2.85. The average Bonchev–Trinajstić information content (AvgIpc) is 2.54. The van der Waals surface area contributed by atoms with Crippen molar-refractivity contribution in [3.63, 3.8) is 0 Å². The minimum absolute atomic E-state index is 0.585. The van der Waals surface area contributed by atoms with Crippen LogP contribution in [0.25, 0.3) is 0 Å². The third-order valence-corrected chi connectivity index (χ3v) is 5.39. The van der Waals surface area contributed by atoms with Crippen LogP contribution >= 0.6 is 0 Å². The van der Waals surface area contributed by atoms with Crippen LogP contribution in [0, 0.1) is 39.0 Å². The molecule has 0 N–H and O–H groups in total. The van der Waals surface area contributed by atoms with Crippen LogP contribution in [-0.2, 0) is 19.3 Å². The van der Waals surface area contributed by atoms with E-state index in [4.69, 9.17) is 5.26 Å². The van der Waals surface area contributed by atoms with Crippen LogP contribution < -0.4 is 0 Å². The number of rotatable bonds is 5. The molecule has 3 nitrogen and oxygen atoms in total. The van der Waals surface area contributed by atoms with Crippen LogP contribution in [0.2, 0.25) is 0 Å². The summed E-state index contributed by atoms with van der Waals surface area (Å²) in [6.07, 6.45) is 3.48. The molecule has 0 unspecified atom stereocenters. The third-order valence-electron chi connectivity index (χ3n) is 5.39. The molecule has 0 aliphatic carbocycles. The zero-order valence-corrected chi connectivity index (χ0v) is 14.9. The highest BCUT2D eigenvalue weighted by molar-refractivity contribution is 5.73. The van der Waals surface area contributed by atoms with Gasteiger partial charge in [-0.2, -0.15) is 5.26 Å². The van der Waals surface area contributed by atoms with Crippen LogP contribution in [0.5, 0.6) is 0 Å². The molecular formula is C21H23N3. The number of nitriles is 1. The van der Waals surface area contributed by atoms with Crippen molar-refractivity contribution in [3.8, 4) is 6.07 Å². The van der Waals surface area contributed by atoms with Crippen molar-refractivity contribution in [3.05, 3.63) is 57.1 Å². The summed E-state index contributed by atoms with van der Waals surface area (Å²) in [5.41, 5.74) is 11.5. The molecule has 3 heteroatoms. The van der Waals surface area contributed by atoms with E-state index in [2.05, 4.69) is 62.2 Å². The van der Waals surface area contributed by atoms with Gasteiger partial charge in [-0.3, -0.25) is 0 Å². The minimum Gasteiger partial charge on any atom is -0.198 e. The van der Waals surface area contributed by atoms with Crippen LogP contribution in [0.4, 0.5) is 11.4 Å². The van der Waals surface area contributed by atoms with Crippen molar-refractivity contribution in [2.24, 2.45) is 10.2 Å². The summed E-state index contributed by atoms with van der Waals surface area (Å²) in [5, 5.41) is 17.0. The molecule has 0 spiro atoms. The molecule has 122 valence electrons. The number of hydrogen-bond acceptors (Lipinski definition) is 3. The first-order valence-electron chi connectivity index (χ1n) is 8.52. The monoisotopic (exact) mass is 317 g/mol. The maximum atomic E-state index is 8.78. The second kappa shape index (κ2) is 6.57. The van der Waals surface area contributed by atoms with Crippen molar-refractivity contribution < 1.29 is 0 Å². The van der Waals surface area contributed by atoms with E-state index < -0.39 is 0 Å². The van der Waals surface area contributed by atoms with Gasteiger partial charge in [0, 0.05) is 6.42 Å². The van der Waals surface area contributed by atoms with Gasteiger partial charge in [-0.25, -0.2) is 0 Å². The minimum atomic E-state index is 0.585. The predicted molar refractivity (Wildman–Crippen MR) is 97.4 cm³/mol. The molecule has 2 aromatic carbocycles. The lowest BCUT2D eigenvalue weighted by molar-refractivity contribution is 0.916. The Kier molecular flexibility index (Phi) is 4.49. The second-order valence-electron chi connectivity index (χ2n) is 6.65. The molecule has 0 radical (unpaired) electrons. The van der Waals surface area contributed by atoms with E-state index in [0.29, 0.717) is 6.42 Å². The summed E-state index contributed by atoms with van der Waals surface area (Å²) in [6, 6.07) is 8.85. The van der Waals surface area contributed by atoms with E-state index in [9.17, 15) is 0 Å². The molecule has 1 aliphatic rings. The average molecular weight is 317 g/mol. The van der Waals surface area contributed by atoms with E-state index in [1.165, 1.54) is 38.9 Å². The van der Waals surface area contributed by atoms with Crippen LogP contribution in [0.1, 0.15) is 45.4 Å². The fourth-order valence-corrected chi connectivity index (χ4v) is 3.41. The van der Waals surface area contributed by atoms with Crippen molar-refractivity contribution in [2.45, 2.75) is 53.4 Å². The van der Waals surface area contributed by atoms with Crippen molar-refractivity contribution in [1.29, 1.82) is 5.26 Å². The first kappa shape index (κ1) is 16.4. The van der Waals surface area contributed by atoms with Crippen LogP contribution in [0.15, 0.2) is 28.4 Å². The topological polar surface area (TPSA) is 48.5 Å². The number of fused-ring (bicyclic) bond motifs is 1. The Bertz CT molecular complexity index is 870. The molecule has 2 aromatic rings. The molecule has 0 aromatic heterocycles. The number of nitrogens with zero attached hydrogens (tertiary/aromatic N) is 3. The van der Waals surface area contributed by atoms with E-state index in [0.717, 1.165) is 30.6 Å². The molecule has 1 heterocycles. The van der Waals surface area contributed by atoms with E-state index in [1.54, 1.807) is 0 Å². The van der Waals surface area contributed by atoms with Gasteiger partial charge in [0.25, 0.3) is 0 Å². The van der Waals surface area contributed by atoms with Crippen LogP contribution in [0.3, 0.4) is 0 Å². The summed E-state index contributed by atoms with van der Waals surface area (Å²) in [6.45, 7) is 8.69. The molecule has 24 heavy (non-hydrogen) atoms. The molecule has 3 rings (SSSR count). The molecule has 0 amide bonds. The van der Waals surface area contributed by atoms with Crippen LogP contribution in [-0.4, -0.2) is 0 Å². The molecule has 1 aliphatic heterocycles. The SMILES string of the molecule is Cc1c(CCC#N)ccc(CCc2cc3c(c(C)c2C)N=N3)c1C. The first-order valence-corrected chi connectivity index (χ1v) is 8.52.